The Morgan fingerprint density at radius 3 is 2.72 bits per heavy atom. The number of hydrogen-bond acceptors (Lipinski definition) is 4. The predicted molar refractivity (Wildman–Crippen MR) is 70.3 cm³/mol. The summed E-state index contributed by atoms with van der Waals surface area (Å²) in [5, 5.41) is 3.03. The fourth-order valence-electron chi connectivity index (χ4n) is 2.08. The van der Waals surface area contributed by atoms with Crippen LogP contribution in [-0.2, 0) is 4.74 Å². The number of carbonyl (C=O) groups is 1. The number of rotatable bonds is 3. The number of nitrogen functional groups attached to an aromatic ring is 1. The molecule has 0 unspecified atom stereocenters. The highest BCUT2D eigenvalue weighted by Crippen LogP contribution is 2.16. The third kappa shape index (κ3) is 3.00. The van der Waals surface area contributed by atoms with Gasteiger partial charge < -0.3 is 15.5 Å². The lowest BCUT2D eigenvalue weighted by atomic mass is 10.1. The minimum Gasteiger partial charge on any atom is -0.381 e. The van der Waals surface area contributed by atoms with Gasteiger partial charge in [-0.25, -0.2) is 0 Å². The Balaban J connectivity index is 2.01. The lowest BCUT2D eigenvalue weighted by Gasteiger charge is -2.23. The Morgan fingerprint density at radius 1 is 1.39 bits per heavy atom. The zero-order valence-corrected chi connectivity index (χ0v) is 10.5. The first-order valence-electron chi connectivity index (χ1n) is 6.16. The number of ether oxygens (including phenoxy) is 1. The van der Waals surface area contributed by atoms with Gasteiger partial charge in [-0.3, -0.25) is 10.6 Å². The molecule has 1 saturated heterocycles. The van der Waals surface area contributed by atoms with Gasteiger partial charge in [-0.05, 0) is 43.5 Å². The molecule has 2 rings (SSSR count). The van der Waals surface area contributed by atoms with Crippen LogP contribution in [0.5, 0.6) is 0 Å². The molecular weight excluding hydrogens is 230 g/mol. The number of hydrazine groups is 1. The summed E-state index contributed by atoms with van der Waals surface area (Å²) in [7, 11) is 0. The molecule has 1 heterocycles. The van der Waals surface area contributed by atoms with Gasteiger partial charge in [0.2, 0.25) is 0 Å². The van der Waals surface area contributed by atoms with Crippen LogP contribution < -0.4 is 16.6 Å². The monoisotopic (exact) mass is 249 g/mol. The van der Waals surface area contributed by atoms with Crippen molar-refractivity contribution in [3.05, 3.63) is 29.3 Å². The SMILES string of the molecule is Cc1cc(C(=O)NC2CCOCC2)ccc1NN. The molecule has 1 aromatic carbocycles. The van der Waals surface area contributed by atoms with Gasteiger partial charge in [-0.15, -0.1) is 0 Å². The summed E-state index contributed by atoms with van der Waals surface area (Å²) < 4.78 is 5.26. The van der Waals surface area contributed by atoms with Gasteiger partial charge in [0.15, 0.2) is 0 Å². The number of amides is 1. The molecular formula is C13H19N3O2. The van der Waals surface area contributed by atoms with Gasteiger partial charge in [0, 0.05) is 24.8 Å². The van der Waals surface area contributed by atoms with Crippen LogP contribution in [0.3, 0.4) is 0 Å². The molecule has 0 bridgehead atoms. The van der Waals surface area contributed by atoms with Gasteiger partial charge in [0.05, 0.1) is 5.69 Å². The van der Waals surface area contributed by atoms with Crippen molar-refractivity contribution in [3.8, 4) is 0 Å². The first kappa shape index (κ1) is 12.9. The molecule has 1 fully saturated rings. The maximum absolute atomic E-state index is 12.1. The molecule has 98 valence electrons. The van der Waals surface area contributed by atoms with Crippen LogP contribution in [0.15, 0.2) is 18.2 Å². The van der Waals surface area contributed by atoms with E-state index in [1.165, 1.54) is 0 Å². The van der Waals surface area contributed by atoms with E-state index in [2.05, 4.69) is 10.7 Å². The molecule has 18 heavy (non-hydrogen) atoms. The number of anilines is 1. The lowest BCUT2D eigenvalue weighted by Crippen LogP contribution is -2.38. The summed E-state index contributed by atoms with van der Waals surface area (Å²) in [6, 6.07) is 5.65. The second kappa shape index (κ2) is 5.84. The second-order valence-corrected chi connectivity index (χ2v) is 4.53. The summed E-state index contributed by atoms with van der Waals surface area (Å²) in [4.78, 5) is 12.1. The Labute approximate surface area is 107 Å². The largest absolute Gasteiger partial charge is 0.381 e. The fourth-order valence-corrected chi connectivity index (χ4v) is 2.08. The molecule has 1 aromatic rings. The smallest absolute Gasteiger partial charge is 0.251 e. The quantitative estimate of drug-likeness (QED) is 0.555. The van der Waals surface area contributed by atoms with Crippen LogP contribution in [0.1, 0.15) is 28.8 Å². The number of benzene rings is 1. The summed E-state index contributed by atoms with van der Waals surface area (Å²) in [6.45, 7) is 3.36. The van der Waals surface area contributed by atoms with Gasteiger partial charge >= 0.3 is 0 Å². The van der Waals surface area contributed by atoms with Crippen LogP contribution in [0.2, 0.25) is 0 Å². The van der Waals surface area contributed by atoms with Crippen molar-refractivity contribution in [3.63, 3.8) is 0 Å². The molecule has 5 nitrogen and oxygen atoms in total. The van der Waals surface area contributed by atoms with Crippen molar-refractivity contribution in [2.45, 2.75) is 25.8 Å². The van der Waals surface area contributed by atoms with E-state index in [9.17, 15) is 4.79 Å². The zero-order valence-electron chi connectivity index (χ0n) is 10.5. The summed E-state index contributed by atoms with van der Waals surface area (Å²) >= 11 is 0. The van der Waals surface area contributed by atoms with E-state index < -0.39 is 0 Å². The number of nitrogens with two attached hydrogens (primary N) is 1. The first-order chi connectivity index (χ1) is 8.70. The molecule has 0 aromatic heterocycles. The van der Waals surface area contributed by atoms with Crippen molar-refractivity contribution in [2.75, 3.05) is 18.6 Å². The highest BCUT2D eigenvalue weighted by molar-refractivity contribution is 5.95. The molecule has 0 saturated carbocycles. The van der Waals surface area contributed by atoms with Gasteiger partial charge in [0.25, 0.3) is 5.91 Å². The van der Waals surface area contributed by atoms with Crippen molar-refractivity contribution in [1.82, 2.24) is 5.32 Å². The van der Waals surface area contributed by atoms with E-state index in [1.807, 2.05) is 19.1 Å². The standard InChI is InChI=1S/C13H19N3O2/c1-9-8-10(2-3-12(9)16-14)13(17)15-11-4-6-18-7-5-11/h2-3,8,11,16H,4-7,14H2,1H3,(H,15,17). The van der Waals surface area contributed by atoms with E-state index in [1.54, 1.807) is 6.07 Å². The van der Waals surface area contributed by atoms with Gasteiger partial charge in [-0.1, -0.05) is 0 Å². The fraction of sp³-hybridized carbons (Fsp3) is 0.462. The summed E-state index contributed by atoms with van der Waals surface area (Å²) in [5.74, 6) is 5.33. The molecule has 1 aliphatic heterocycles. The molecule has 1 aliphatic rings. The predicted octanol–water partition coefficient (Wildman–Crippen LogP) is 1.19. The molecule has 1 amide bonds. The van der Waals surface area contributed by atoms with Crippen LogP contribution >= 0.6 is 0 Å². The Hall–Kier alpha value is -1.59. The van der Waals surface area contributed by atoms with Crippen LogP contribution in [0.25, 0.3) is 0 Å². The molecule has 0 aliphatic carbocycles. The van der Waals surface area contributed by atoms with Crippen LogP contribution in [-0.4, -0.2) is 25.2 Å². The molecule has 0 spiro atoms. The highest BCUT2D eigenvalue weighted by atomic mass is 16.5. The molecule has 0 atom stereocenters. The maximum Gasteiger partial charge on any atom is 0.251 e. The van der Waals surface area contributed by atoms with Crippen molar-refractivity contribution in [1.29, 1.82) is 0 Å². The highest BCUT2D eigenvalue weighted by Gasteiger charge is 2.17. The first-order valence-corrected chi connectivity index (χ1v) is 6.16. The maximum atomic E-state index is 12.1. The second-order valence-electron chi connectivity index (χ2n) is 4.53. The minimum atomic E-state index is -0.0337. The molecule has 4 N–H and O–H groups in total. The third-order valence-electron chi connectivity index (χ3n) is 3.20. The Morgan fingerprint density at radius 2 is 2.11 bits per heavy atom. The Bertz CT molecular complexity index is 428. The molecule has 5 heteroatoms. The third-order valence-corrected chi connectivity index (χ3v) is 3.20. The average Bonchev–Trinajstić information content (AvgIpc) is 2.39. The van der Waals surface area contributed by atoms with E-state index in [0.29, 0.717) is 5.56 Å². The summed E-state index contributed by atoms with van der Waals surface area (Å²) in [6.07, 6.45) is 1.76. The number of aryl methyl sites for hydroxylation is 1. The van der Waals surface area contributed by atoms with Crippen LogP contribution in [0.4, 0.5) is 5.69 Å². The number of carbonyl (C=O) groups excluding carboxylic acids is 1. The van der Waals surface area contributed by atoms with Crippen molar-refractivity contribution >= 4 is 11.6 Å². The Kier molecular flexibility index (Phi) is 4.17. The van der Waals surface area contributed by atoms with E-state index in [0.717, 1.165) is 37.3 Å². The average molecular weight is 249 g/mol. The van der Waals surface area contributed by atoms with E-state index >= 15 is 0 Å². The van der Waals surface area contributed by atoms with E-state index in [-0.39, 0.29) is 11.9 Å². The zero-order chi connectivity index (χ0) is 13.0. The normalized spacial score (nSPS) is 16.3. The number of nitrogens with one attached hydrogen (secondary N) is 2. The van der Waals surface area contributed by atoms with Gasteiger partial charge in [0.1, 0.15) is 0 Å². The van der Waals surface area contributed by atoms with Crippen LogP contribution in [0, 0.1) is 6.92 Å². The topological polar surface area (TPSA) is 76.4 Å². The lowest BCUT2D eigenvalue weighted by molar-refractivity contribution is 0.0696. The summed E-state index contributed by atoms with van der Waals surface area (Å²) in [5.41, 5.74) is 5.05. The van der Waals surface area contributed by atoms with Crippen molar-refractivity contribution < 1.29 is 9.53 Å². The molecule has 0 radical (unpaired) electrons. The minimum absolute atomic E-state index is 0.0337. The van der Waals surface area contributed by atoms with Gasteiger partial charge in [-0.2, -0.15) is 0 Å². The van der Waals surface area contributed by atoms with E-state index in [4.69, 9.17) is 10.6 Å². The number of hydrogen-bond donors (Lipinski definition) is 3. The van der Waals surface area contributed by atoms with Crippen molar-refractivity contribution in [2.24, 2.45) is 5.84 Å².